The van der Waals surface area contributed by atoms with Gasteiger partial charge in [0, 0.05) is 163 Å². The monoisotopic (exact) mass is 1890 g/mol. The highest BCUT2D eigenvalue weighted by molar-refractivity contribution is 6.42. The molecule has 0 bridgehead atoms. The normalized spacial score (nSPS) is 19.4. The Kier molecular flexibility index (Phi) is 26.3. The highest BCUT2D eigenvalue weighted by Gasteiger charge is 2.38. The molecule has 4 unspecified atom stereocenters. The Hall–Kier alpha value is -14.2. The Morgan fingerprint density at radius 3 is 0.985 bits per heavy atom. The Morgan fingerprint density at radius 1 is 0.255 bits per heavy atom. The number of nitrogens with zero attached hydrogens (tertiary/aromatic N) is 20. The molecule has 10 aromatic heterocycles. The summed E-state index contributed by atoms with van der Waals surface area (Å²) >= 11 is 12.3. The Morgan fingerprint density at radius 2 is 0.591 bits per heavy atom. The first-order valence-corrected chi connectivity index (χ1v) is 48.1. The Balaban J connectivity index is 0.000000102. The molecule has 137 heavy (non-hydrogen) atoms. The molecule has 702 valence electrons. The maximum atomic E-state index is 14.3. The van der Waals surface area contributed by atoms with Gasteiger partial charge in [0.2, 0.25) is 0 Å². The zero-order valence-electron chi connectivity index (χ0n) is 75.1. The van der Waals surface area contributed by atoms with Gasteiger partial charge in [-0.2, -0.15) is 25.5 Å². The van der Waals surface area contributed by atoms with Gasteiger partial charge in [-0.05, 0) is 200 Å². The average molecular weight is 1890 g/mol. The van der Waals surface area contributed by atoms with Crippen molar-refractivity contribution in [1.82, 2.24) is 101 Å². The number of hydrogen-bond acceptors (Lipinski definition) is 25. The minimum Gasteiger partial charge on any atom is -0.349 e. The third-order valence-electron chi connectivity index (χ3n) is 26.8. The second-order valence-corrected chi connectivity index (χ2v) is 37.4. The topological polar surface area (TPSA) is 349 Å². The molecule has 30 nitrogen and oxygen atoms in total. The van der Waals surface area contributed by atoms with Crippen LogP contribution >= 0.6 is 23.2 Å². The molecule has 0 spiro atoms. The molecule has 5 aliphatic carbocycles. The summed E-state index contributed by atoms with van der Waals surface area (Å²) in [5, 5.41) is 54.4. The van der Waals surface area contributed by atoms with Crippen LogP contribution in [0.4, 0.5) is 109 Å². The van der Waals surface area contributed by atoms with Gasteiger partial charge in [0.15, 0.2) is 29.1 Å². The van der Waals surface area contributed by atoms with Crippen LogP contribution in [0, 0.1) is 29.1 Å². The lowest BCUT2D eigenvalue weighted by Crippen LogP contribution is -2.41. The molecule has 37 heteroatoms. The van der Waals surface area contributed by atoms with Gasteiger partial charge >= 0.3 is 0 Å². The Labute approximate surface area is 797 Å². The third-order valence-corrected chi connectivity index (χ3v) is 27.5. The largest absolute Gasteiger partial charge is 0.349 e. The first-order valence-electron chi connectivity index (χ1n) is 47.4. The highest BCUT2D eigenvalue weighted by atomic mass is 35.5. The summed E-state index contributed by atoms with van der Waals surface area (Å²) in [5.74, 6) is 12.3. The fourth-order valence-electron chi connectivity index (χ4n) is 18.9. The summed E-state index contributed by atoms with van der Waals surface area (Å²) in [5.41, 5.74) is 9.94. The molecule has 0 amide bonds. The number of nitrogens with one attached hydrogen (secondary N) is 10. The van der Waals surface area contributed by atoms with Crippen molar-refractivity contribution < 1.29 is 22.0 Å². The maximum absolute atomic E-state index is 14.3. The number of H-pyrrole nitrogens is 5. The first-order chi connectivity index (χ1) is 67.2. The fraction of sp³-hybridized carbons (Fsp3) is 0.350. The highest BCUT2D eigenvalue weighted by Crippen LogP contribution is 2.48. The van der Waals surface area contributed by atoms with E-state index in [1.807, 2.05) is 82.6 Å². The second-order valence-electron chi connectivity index (χ2n) is 36.5. The van der Waals surface area contributed by atoms with Crippen molar-refractivity contribution in [1.29, 1.82) is 0 Å². The minimum absolute atomic E-state index is 0.106. The van der Waals surface area contributed by atoms with E-state index in [1.165, 1.54) is 155 Å². The van der Waals surface area contributed by atoms with E-state index in [0.29, 0.717) is 105 Å². The van der Waals surface area contributed by atoms with Crippen molar-refractivity contribution in [3.63, 3.8) is 0 Å². The van der Waals surface area contributed by atoms with Crippen LogP contribution in [-0.4, -0.2) is 134 Å². The van der Waals surface area contributed by atoms with Crippen LogP contribution in [0.2, 0.25) is 10.0 Å². The summed E-state index contributed by atoms with van der Waals surface area (Å²) in [6, 6.07) is 50.8. The van der Waals surface area contributed by atoms with Crippen LogP contribution in [0.15, 0.2) is 201 Å². The second kappa shape index (κ2) is 40.4. The van der Waals surface area contributed by atoms with Gasteiger partial charge < -0.3 is 51.1 Å². The Bertz CT molecular complexity index is 6640. The molecule has 5 saturated heterocycles. The molecule has 25 rings (SSSR count). The molecule has 10 N–H and O–H groups in total. The number of halogens is 7. The molecule has 10 fully saturated rings. The van der Waals surface area contributed by atoms with Crippen molar-refractivity contribution in [3.05, 3.63) is 297 Å². The van der Waals surface area contributed by atoms with Crippen LogP contribution < -0.4 is 51.1 Å². The molecule has 0 radical (unpaired) electrons. The van der Waals surface area contributed by atoms with Crippen molar-refractivity contribution >= 4 is 110 Å². The molecule has 5 saturated carbocycles. The summed E-state index contributed by atoms with van der Waals surface area (Å²) in [6.45, 7) is 4.29. The SMILES string of the molecule is Clc1ccc(C2CCCN2c2cc(Nc3cc(C4CC4)[nH]n3)ncn2)cc1Cl.Fc1ccc(C2CCN2c2cc(Nc3cc(C4CC4)[nH]n3)ncn2)cc1.Fc1ccc(F)c([C@H]2CCCN2c2cc(Nc3cc(C4CC4)[nH]n3)ncn2)c1.Fc1cccc(F)c1C1CCCN1c1cc(Nc2cc(C3CC3)[nH]n2)ncn1.c1ccc(C2CCCCN2c2cc(Nc3cc(C4CC4)[nH]n3)ncn2)cc1. The molecular formula is C100H103Cl2F5N30. The number of aromatic amines is 5. The lowest BCUT2D eigenvalue weighted by atomic mass is 9.95. The molecular weight excluding hydrogens is 1790 g/mol. The standard InChI is InChI=1S/C21H24N6.C20H20Cl2N6.2C20H20F2N6.C19H19FN6/c1-2-6-16(7-3-1)18-8-4-5-11-27(18)21-13-19(22-14-23-21)24-20-12-17(25-26-20)15-9-10-15;21-14-6-5-13(8-15(14)22)17-2-1-7-28(17)20-10-18(23-11-24-20)25-19-9-16(26-27-19)12-3-4-12;21-13-3-1-4-14(22)20(13)16-5-2-8-28(16)19-10-17(23-11-24-19)25-18-9-15(26-27-18)12-6-7-12;21-13-5-6-15(22)14(8-13)17-2-1-7-28(17)20-10-18(23-11-24-20)25-19-9-16(26-27-19)12-3-4-12;20-14-5-3-13(4-6-14)16-7-8-26(16)19-10-17(21-11-22-19)23-18-9-15(24-25-18)12-1-2-12/h1-3,6-7,12-15,18H,4-5,8-11H2,(H2,22,23,24,25,26);5-6,8-12,17H,1-4,7H2,(H2,23,24,25,26,27);1,3-4,9-12,16H,2,5-8H2,(H2,23,24,25,26,27);5-6,8-12,17H,1-4,7H2,(H2,23,24,25,26,27);3-6,9-12,16H,1-2,7-8H2,(H2,21,22,23,24,25)/t;;;17-;/m...1./s1. The number of rotatable bonds is 25. The molecule has 5 atom stereocenters. The maximum Gasteiger partial charge on any atom is 0.153 e. The predicted octanol–water partition coefficient (Wildman–Crippen LogP) is 22.8. The number of anilines is 15. The third kappa shape index (κ3) is 21.7. The fourth-order valence-corrected chi connectivity index (χ4v) is 19.2. The minimum atomic E-state index is -0.520. The molecule has 15 heterocycles. The van der Waals surface area contributed by atoms with Crippen LogP contribution in [0.25, 0.3) is 0 Å². The van der Waals surface area contributed by atoms with E-state index in [2.05, 4.69) is 185 Å². The number of aromatic nitrogens is 20. The van der Waals surface area contributed by atoms with Gasteiger partial charge in [0.1, 0.15) is 119 Å². The molecule has 15 aromatic rings. The van der Waals surface area contributed by atoms with Gasteiger partial charge in [-0.15, -0.1) is 0 Å². The van der Waals surface area contributed by atoms with Crippen LogP contribution in [-0.2, 0) is 0 Å². The first kappa shape index (κ1) is 89.3. The zero-order chi connectivity index (χ0) is 92.8. The van der Waals surface area contributed by atoms with Crippen LogP contribution in [0.3, 0.4) is 0 Å². The van der Waals surface area contributed by atoms with Crippen LogP contribution in [0.5, 0.6) is 0 Å². The van der Waals surface area contributed by atoms with E-state index < -0.39 is 23.3 Å². The smallest absolute Gasteiger partial charge is 0.153 e. The van der Waals surface area contributed by atoms with E-state index in [-0.39, 0.29) is 35.5 Å². The molecule has 5 aliphatic heterocycles. The van der Waals surface area contributed by atoms with Crippen molar-refractivity contribution in [2.75, 3.05) is 83.8 Å². The van der Waals surface area contributed by atoms with Gasteiger partial charge in [0.25, 0.3) is 0 Å². The number of piperidine rings is 1. The van der Waals surface area contributed by atoms with E-state index in [9.17, 15) is 22.0 Å². The summed E-state index contributed by atoms with van der Waals surface area (Å²) in [6.07, 6.45) is 29.9. The summed E-state index contributed by atoms with van der Waals surface area (Å²) in [4.78, 5) is 54.6. The number of hydrogen-bond donors (Lipinski definition) is 10. The van der Waals surface area contributed by atoms with Gasteiger partial charge in [-0.1, -0.05) is 77.8 Å². The van der Waals surface area contributed by atoms with Crippen LogP contribution in [0.1, 0.15) is 245 Å². The zero-order valence-corrected chi connectivity index (χ0v) is 76.6. The number of benzene rings is 5. The molecule has 5 aromatic carbocycles. The van der Waals surface area contributed by atoms with Crippen molar-refractivity contribution in [2.45, 2.75) is 188 Å². The van der Waals surface area contributed by atoms with Gasteiger partial charge in [-0.25, -0.2) is 71.8 Å². The predicted molar refractivity (Wildman–Crippen MR) is 518 cm³/mol. The van der Waals surface area contributed by atoms with Crippen molar-refractivity contribution in [2.24, 2.45) is 0 Å². The van der Waals surface area contributed by atoms with E-state index in [1.54, 1.807) is 25.0 Å². The lowest BCUT2D eigenvalue weighted by Gasteiger charge is -2.42. The van der Waals surface area contributed by atoms with E-state index in [0.717, 1.165) is 146 Å². The average Bonchev–Trinajstić information content (AvgIpc) is 1.79. The lowest BCUT2D eigenvalue weighted by molar-refractivity contribution is 0.460. The molecule has 10 aliphatic rings. The van der Waals surface area contributed by atoms with Crippen molar-refractivity contribution in [3.8, 4) is 0 Å². The van der Waals surface area contributed by atoms with E-state index in [4.69, 9.17) is 23.2 Å². The quantitative estimate of drug-likeness (QED) is 0.0238. The van der Waals surface area contributed by atoms with Gasteiger partial charge in [0.05, 0.1) is 40.3 Å². The summed E-state index contributed by atoms with van der Waals surface area (Å²) in [7, 11) is 0. The summed E-state index contributed by atoms with van der Waals surface area (Å²) < 4.78 is 69.7. The van der Waals surface area contributed by atoms with E-state index >= 15 is 0 Å². The van der Waals surface area contributed by atoms with Gasteiger partial charge in [-0.3, -0.25) is 25.5 Å².